The van der Waals surface area contributed by atoms with Gasteiger partial charge in [0.1, 0.15) is 5.75 Å². The molecular weight excluding hydrogens is 378 g/mol. The van der Waals surface area contributed by atoms with E-state index in [0.29, 0.717) is 18.3 Å². The van der Waals surface area contributed by atoms with Crippen molar-refractivity contribution in [1.29, 1.82) is 0 Å². The molecule has 0 aliphatic rings. The maximum Gasteiger partial charge on any atom is 0.240 e. The highest BCUT2D eigenvalue weighted by atomic mass is 32.2. The standard InChI is InChI=1S/C21H29NO5S/c1-16(2)15-27-19-8-10-20(11-9-19)28(24,25)22-14-21(26-13-12-23)18-6-4-17(3)5-7-18/h4-11,16,21-23H,12-15H2,1-3H3. The fourth-order valence-electron chi connectivity index (χ4n) is 2.50. The Labute approximate surface area is 167 Å². The molecule has 2 rings (SSSR count). The van der Waals surface area contributed by atoms with E-state index in [9.17, 15) is 8.42 Å². The Hall–Kier alpha value is -1.93. The Morgan fingerprint density at radius 1 is 1.04 bits per heavy atom. The van der Waals surface area contributed by atoms with Crippen molar-refractivity contribution in [2.45, 2.75) is 31.8 Å². The summed E-state index contributed by atoms with van der Waals surface area (Å²) in [6.45, 7) is 6.71. The van der Waals surface area contributed by atoms with Crippen LogP contribution in [-0.2, 0) is 14.8 Å². The normalized spacial score (nSPS) is 12.9. The highest BCUT2D eigenvalue weighted by molar-refractivity contribution is 7.89. The Morgan fingerprint density at radius 3 is 2.25 bits per heavy atom. The van der Waals surface area contributed by atoms with Crippen LogP contribution in [0.2, 0.25) is 0 Å². The van der Waals surface area contributed by atoms with Crippen LogP contribution in [-0.4, -0.2) is 39.9 Å². The lowest BCUT2D eigenvalue weighted by atomic mass is 10.1. The molecule has 0 fully saturated rings. The summed E-state index contributed by atoms with van der Waals surface area (Å²) in [6, 6.07) is 14.0. The first-order valence-corrected chi connectivity index (χ1v) is 10.8. The summed E-state index contributed by atoms with van der Waals surface area (Å²) in [4.78, 5) is 0.161. The van der Waals surface area contributed by atoms with E-state index < -0.39 is 16.1 Å². The summed E-state index contributed by atoms with van der Waals surface area (Å²) in [6.07, 6.45) is -0.490. The number of ether oxygens (including phenoxy) is 2. The van der Waals surface area contributed by atoms with Gasteiger partial charge in [-0.25, -0.2) is 13.1 Å². The lowest BCUT2D eigenvalue weighted by Crippen LogP contribution is -2.30. The van der Waals surface area contributed by atoms with E-state index in [2.05, 4.69) is 4.72 Å². The van der Waals surface area contributed by atoms with Gasteiger partial charge in [0, 0.05) is 6.54 Å². The lowest BCUT2D eigenvalue weighted by Gasteiger charge is -2.19. The number of aliphatic hydroxyl groups excluding tert-OH is 1. The fraction of sp³-hybridized carbons (Fsp3) is 0.429. The van der Waals surface area contributed by atoms with Crippen LogP contribution < -0.4 is 9.46 Å². The molecule has 6 nitrogen and oxygen atoms in total. The van der Waals surface area contributed by atoms with Crippen LogP contribution in [0.5, 0.6) is 5.75 Å². The fourth-order valence-corrected chi connectivity index (χ4v) is 3.53. The third kappa shape index (κ3) is 6.91. The second-order valence-electron chi connectivity index (χ2n) is 7.02. The topological polar surface area (TPSA) is 84.9 Å². The summed E-state index contributed by atoms with van der Waals surface area (Å²) < 4.78 is 39.0. The Kier molecular flexibility index (Phi) is 8.44. The van der Waals surface area contributed by atoms with E-state index in [1.54, 1.807) is 12.1 Å². The first-order valence-electron chi connectivity index (χ1n) is 9.33. The molecule has 0 aliphatic heterocycles. The Morgan fingerprint density at radius 2 is 1.68 bits per heavy atom. The smallest absolute Gasteiger partial charge is 0.240 e. The van der Waals surface area contributed by atoms with E-state index in [-0.39, 0.29) is 24.7 Å². The maximum absolute atomic E-state index is 12.6. The Bertz CT molecular complexity index is 817. The molecule has 0 amide bonds. The molecule has 1 unspecified atom stereocenters. The van der Waals surface area contributed by atoms with Crippen molar-refractivity contribution >= 4 is 10.0 Å². The number of benzene rings is 2. The summed E-state index contributed by atoms with van der Waals surface area (Å²) >= 11 is 0. The molecule has 2 N–H and O–H groups in total. The molecule has 0 radical (unpaired) electrons. The van der Waals surface area contributed by atoms with Crippen molar-refractivity contribution < 1.29 is 23.0 Å². The number of aryl methyl sites for hydroxylation is 1. The van der Waals surface area contributed by atoms with E-state index in [0.717, 1.165) is 11.1 Å². The molecule has 154 valence electrons. The second kappa shape index (κ2) is 10.6. The summed E-state index contributed by atoms with van der Waals surface area (Å²) in [5.74, 6) is 1.03. The van der Waals surface area contributed by atoms with Crippen LogP contribution in [0.4, 0.5) is 0 Å². The summed E-state index contributed by atoms with van der Waals surface area (Å²) in [7, 11) is -3.69. The molecule has 7 heteroatoms. The summed E-state index contributed by atoms with van der Waals surface area (Å²) in [5, 5.41) is 9.04. The molecule has 0 heterocycles. The zero-order valence-electron chi connectivity index (χ0n) is 16.6. The monoisotopic (exact) mass is 407 g/mol. The van der Waals surface area contributed by atoms with Crippen LogP contribution in [0.15, 0.2) is 53.4 Å². The molecule has 28 heavy (non-hydrogen) atoms. The van der Waals surface area contributed by atoms with Crippen molar-refractivity contribution in [3.05, 3.63) is 59.7 Å². The Balaban J connectivity index is 2.05. The SMILES string of the molecule is Cc1ccc(C(CNS(=O)(=O)c2ccc(OCC(C)C)cc2)OCCO)cc1. The van der Waals surface area contributed by atoms with E-state index >= 15 is 0 Å². The first kappa shape index (κ1) is 22.4. The second-order valence-corrected chi connectivity index (χ2v) is 8.79. The number of hydrogen-bond donors (Lipinski definition) is 2. The number of rotatable bonds is 11. The van der Waals surface area contributed by atoms with Gasteiger partial charge in [-0.05, 0) is 42.7 Å². The number of nitrogens with one attached hydrogen (secondary N) is 1. The van der Waals surface area contributed by atoms with Gasteiger partial charge in [0.15, 0.2) is 0 Å². The van der Waals surface area contributed by atoms with Gasteiger partial charge >= 0.3 is 0 Å². The number of aliphatic hydroxyl groups is 1. The van der Waals surface area contributed by atoms with Gasteiger partial charge in [-0.1, -0.05) is 43.7 Å². The van der Waals surface area contributed by atoms with Crippen LogP contribution in [0, 0.1) is 12.8 Å². The molecule has 2 aromatic carbocycles. The van der Waals surface area contributed by atoms with Crippen LogP contribution in [0.25, 0.3) is 0 Å². The zero-order chi connectivity index (χ0) is 20.6. The van der Waals surface area contributed by atoms with Crippen LogP contribution >= 0.6 is 0 Å². The largest absolute Gasteiger partial charge is 0.493 e. The van der Waals surface area contributed by atoms with Gasteiger partial charge in [-0.2, -0.15) is 0 Å². The van der Waals surface area contributed by atoms with Gasteiger partial charge in [0.25, 0.3) is 0 Å². The molecule has 0 spiro atoms. The van der Waals surface area contributed by atoms with Crippen molar-refractivity contribution in [3.63, 3.8) is 0 Å². The van der Waals surface area contributed by atoms with Gasteiger partial charge in [0.05, 0.1) is 30.8 Å². The quantitative estimate of drug-likeness (QED) is 0.598. The molecule has 0 saturated carbocycles. The predicted octanol–water partition coefficient (Wildman–Crippen LogP) is 3.06. The van der Waals surface area contributed by atoms with Crippen molar-refractivity contribution in [3.8, 4) is 5.75 Å². The zero-order valence-corrected chi connectivity index (χ0v) is 17.4. The molecule has 0 saturated heterocycles. The third-order valence-corrected chi connectivity index (χ3v) is 5.48. The molecular formula is C21H29NO5S. The van der Waals surface area contributed by atoms with Gasteiger partial charge in [0.2, 0.25) is 10.0 Å². The van der Waals surface area contributed by atoms with E-state index in [4.69, 9.17) is 14.6 Å². The lowest BCUT2D eigenvalue weighted by molar-refractivity contribution is 0.0309. The van der Waals surface area contributed by atoms with E-state index in [1.165, 1.54) is 12.1 Å². The van der Waals surface area contributed by atoms with Gasteiger partial charge in [-0.15, -0.1) is 0 Å². The maximum atomic E-state index is 12.6. The highest BCUT2D eigenvalue weighted by Gasteiger charge is 2.19. The molecule has 0 bridgehead atoms. The molecule has 0 aromatic heterocycles. The number of sulfonamides is 1. The minimum Gasteiger partial charge on any atom is -0.493 e. The van der Waals surface area contributed by atoms with E-state index in [1.807, 2.05) is 45.0 Å². The average Bonchev–Trinajstić information content (AvgIpc) is 2.67. The van der Waals surface area contributed by atoms with Gasteiger partial charge < -0.3 is 14.6 Å². The highest BCUT2D eigenvalue weighted by Crippen LogP contribution is 2.20. The van der Waals surface area contributed by atoms with Crippen molar-refractivity contribution in [2.75, 3.05) is 26.4 Å². The third-order valence-electron chi connectivity index (χ3n) is 4.04. The minimum atomic E-state index is -3.69. The number of hydrogen-bond acceptors (Lipinski definition) is 5. The first-order chi connectivity index (χ1) is 13.3. The molecule has 2 aromatic rings. The summed E-state index contributed by atoms with van der Waals surface area (Å²) in [5.41, 5.74) is 1.95. The minimum absolute atomic E-state index is 0.0665. The predicted molar refractivity (Wildman–Crippen MR) is 109 cm³/mol. The van der Waals surface area contributed by atoms with Crippen LogP contribution in [0.1, 0.15) is 31.1 Å². The van der Waals surface area contributed by atoms with Crippen molar-refractivity contribution in [2.24, 2.45) is 5.92 Å². The average molecular weight is 408 g/mol. The van der Waals surface area contributed by atoms with Crippen molar-refractivity contribution in [1.82, 2.24) is 4.72 Å². The molecule has 1 atom stereocenters. The van der Waals surface area contributed by atoms with Gasteiger partial charge in [-0.3, -0.25) is 0 Å². The molecule has 0 aliphatic carbocycles. The van der Waals surface area contributed by atoms with Crippen LogP contribution in [0.3, 0.4) is 0 Å².